The smallest absolute Gasteiger partial charge is 0.320 e. The van der Waals surface area contributed by atoms with E-state index >= 15 is 0 Å². The third-order valence-electron chi connectivity index (χ3n) is 4.47. The summed E-state index contributed by atoms with van der Waals surface area (Å²) < 4.78 is 5.78. The lowest BCUT2D eigenvalue weighted by Gasteiger charge is -2.38. The molecule has 0 aromatic carbocycles. The third kappa shape index (κ3) is 4.35. The van der Waals surface area contributed by atoms with Crippen molar-refractivity contribution < 1.29 is 9.53 Å². The fourth-order valence-corrected chi connectivity index (χ4v) is 2.95. The first-order chi connectivity index (χ1) is 9.70. The Morgan fingerprint density at radius 1 is 1.10 bits per heavy atom. The summed E-state index contributed by atoms with van der Waals surface area (Å²) in [6.07, 6.45) is 5.44. The highest BCUT2D eigenvalue weighted by molar-refractivity contribution is 5.74. The molecule has 0 unspecified atom stereocenters. The summed E-state index contributed by atoms with van der Waals surface area (Å²) in [6.45, 7) is 7.21. The summed E-state index contributed by atoms with van der Waals surface area (Å²) in [5.41, 5.74) is 5.46. The zero-order chi connectivity index (χ0) is 14.4. The molecule has 0 atom stereocenters. The molecule has 2 N–H and O–H groups in total. The van der Waals surface area contributed by atoms with Crippen LogP contribution in [0.2, 0.25) is 0 Å². The molecule has 2 aliphatic rings. The molecule has 0 radical (unpaired) electrons. The van der Waals surface area contributed by atoms with Gasteiger partial charge in [0.05, 0.1) is 6.10 Å². The second-order valence-electron chi connectivity index (χ2n) is 6.15. The van der Waals surface area contributed by atoms with Crippen molar-refractivity contribution in [1.82, 2.24) is 9.80 Å². The standard InChI is InChI=1S/C15H29N3O2/c1-13-3-8-17(9-4-13)15(19)18-10-5-14(6-11-18)20-12-2-7-16/h13-14H,2-12,16H2,1H3. The Hall–Kier alpha value is -0.810. The molecule has 0 bridgehead atoms. The predicted molar refractivity (Wildman–Crippen MR) is 79.6 cm³/mol. The summed E-state index contributed by atoms with van der Waals surface area (Å²) >= 11 is 0. The van der Waals surface area contributed by atoms with E-state index in [2.05, 4.69) is 6.92 Å². The van der Waals surface area contributed by atoms with Crippen molar-refractivity contribution in [2.45, 2.75) is 45.1 Å². The quantitative estimate of drug-likeness (QED) is 0.798. The van der Waals surface area contributed by atoms with Crippen LogP contribution in [0.3, 0.4) is 0 Å². The van der Waals surface area contributed by atoms with E-state index in [1.807, 2.05) is 9.80 Å². The zero-order valence-corrected chi connectivity index (χ0v) is 12.7. The molecule has 2 saturated heterocycles. The minimum Gasteiger partial charge on any atom is -0.378 e. The van der Waals surface area contributed by atoms with Crippen LogP contribution >= 0.6 is 0 Å². The number of likely N-dealkylation sites (tertiary alicyclic amines) is 2. The third-order valence-corrected chi connectivity index (χ3v) is 4.47. The van der Waals surface area contributed by atoms with Gasteiger partial charge in [-0.25, -0.2) is 4.79 Å². The van der Waals surface area contributed by atoms with Crippen LogP contribution in [-0.2, 0) is 4.74 Å². The number of ether oxygens (including phenoxy) is 1. The van der Waals surface area contributed by atoms with Crippen molar-refractivity contribution in [3.63, 3.8) is 0 Å². The average Bonchev–Trinajstić information content (AvgIpc) is 2.48. The Bertz CT molecular complexity index is 295. The molecule has 2 aliphatic heterocycles. The molecule has 0 spiro atoms. The molecular weight excluding hydrogens is 254 g/mol. The molecule has 0 saturated carbocycles. The molecule has 116 valence electrons. The van der Waals surface area contributed by atoms with E-state index in [1.54, 1.807) is 0 Å². The Morgan fingerprint density at radius 2 is 1.65 bits per heavy atom. The summed E-state index contributed by atoms with van der Waals surface area (Å²) in [5, 5.41) is 0. The number of piperidine rings is 2. The first-order valence-corrected chi connectivity index (χ1v) is 8.06. The molecule has 2 rings (SSSR count). The fraction of sp³-hybridized carbons (Fsp3) is 0.933. The fourth-order valence-electron chi connectivity index (χ4n) is 2.95. The molecule has 0 aromatic heterocycles. The number of nitrogens with two attached hydrogens (primary N) is 1. The van der Waals surface area contributed by atoms with E-state index in [1.165, 1.54) is 0 Å². The van der Waals surface area contributed by atoms with Gasteiger partial charge in [-0.15, -0.1) is 0 Å². The SMILES string of the molecule is CC1CCN(C(=O)N2CCC(OCCCN)CC2)CC1. The highest BCUT2D eigenvalue weighted by Gasteiger charge is 2.28. The van der Waals surface area contributed by atoms with Crippen molar-refractivity contribution in [3.8, 4) is 0 Å². The minimum atomic E-state index is 0.234. The monoisotopic (exact) mass is 283 g/mol. The van der Waals surface area contributed by atoms with E-state index < -0.39 is 0 Å². The maximum absolute atomic E-state index is 12.4. The molecule has 2 amide bonds. The second kappa shape index (κ2) is 7.84. The van der Waals surface area contributed by atoms with Gasteiger partial charge in [-0.1, -0.05) is 6.92 Å². The van der Waals surface area contributed by atoms with Gasteiger partial charge < -0.3 is 20.3 Å². The molecule has 2 fully saturated rings. The molecular formula is C15H29N3O2. The van der Waals surface area contributed by atoms with Gasteiger partial charge in [-0.3, -0.25) is 0 Å². The number of nitrogens with zero attached hydrogens (tertiary/aromatic N) is 2. The van der Waals surface area contributed by atoms with Crippen molar-refractivity contribution in [2.24, 2.45) is 11.7 Å². The molecule has 0 aromatic rings. The second-order valence-corrected chi connectivity index (χ2v) is 6.15. The molecule has 0 aliphatic carbocycles. The van der Waals surface area contributed by atoms with Gasteiger partial charge in [0, 0.05) is 32.8 Å². The number of amides is 2. The lowest BCUT2D eigenvalue weighted by molar-refractivity contribution is 0.0105. The normalized spacial score (nSPS) is 22.3. The lowest BCUT2D eigenvalue weighted by Crippen LogP contribution is -2.50. The molecule has 20 heavy (non-hydrogen) atoms. The van der Waals surface area contributed by atoms with Crippen LogP contribution < -0.4 is 5.73 Å². The minimum absolute atomic E-state index is 0.234. The van der Waals surface area contributed by atoms with Gasteiger partial charge in [0.2, 0.25) is 0 Å². The number of urea groups is 1. The summed E-state index contributed by atoms with van der Waals surface area (Å²) in [6, 6.07) is 0.234. The van der Waals surface area contributed by atoms with Crippen LogP contribution in [0.15, 0.2) is 0 Å². The van der Waals surface area contributed by atoms with Crippen LogP contribution in [0.5, 0.6) is 0 Å². The highest BCUT2D eigenvalue weighted by Crippen LogP contribution is 2.20. The lowest BCUT2D eigenvalue weighted by atomic mass is 9.99. The van der Waals surface area contributed by atoms with E-state index in [0.29, 0.717) is 12.6 Å². The van der Waals surface area contributed by atoms with Gasteiger partial charge in [0.15, 0.2) is 0 Å². The van der Waals surface area contributed by atoms with Crippen molar-refractivity contribution in [2.75, 3.05) is 39.3 Å². The summed E-state index contributed by atoms with van der Waals surface area (Å²) in [4.78, 5) is 16.4. The topological polar surface area (TPSA) is 58.8 Å². The molecule has 5 heteroatoms. The number of hydrogen-bond acceptors (Lipinski definition) is 3. The summed E-state index contributed by atoms with van der Waals surface area (Å²) in [7, 11) is 0. The van der Waals surface area contributed by atoms with E-state index in [-0.39, 0.29) is 6.03 Å². The Morgan fingerprint density at radius 3 is 2.20 bits per heavy atom. The van der Waals surface area contributed by atoms with E-state index in [0.717, 1.165) is 70.8 Å². The largest absolute Gasteiger partial charge is 0.378 e. The predicted octanol–water partition coefficient (Wildman–Crippen LogP) is 1.67. The molecule has 5 nitrogen and oxygen atoms in total. The molecule has 2 heterocycles. The van der Waals surface area contributed by atoms with Crippen molar-refractivity contribution in [1.29, 1.82) is 0 Å². The van der Waals surface area contributed by atoms with Crippen molar-refractivity contribution >= 4 is 6.03 Å². The number of carbonyl (C=O) groups excluding carboxylic acids is 1. The van der Waals surface area contributed by atoms with Crippen molar-refractivity contribution in [3.05, 3.63) is 0 Å². The van der Waals surface area contributed by atoms with Gasteiger partial charge in [0.25, 0.3) is 0 Å². The summed E-state index contributed by atoms with van der Waals surface area (Å²) in [5.74, 6) is 0.765. The highest BCUT2D eigenvalue weighted by atomic mass is 16.5. The first kappa shape index (κ1) is 15.6. The van der Waals surface area contributed by atoms with Gasteiger partial charge >= 0.3 is 6.03 Å². The number of hydrogen-bond donors (Lipinski definition) is 1. The Balaban J connectivity index is 1.69. The number of rotatable bonds is 4. The zero-order valence-electron chi connectivity index (χ0n) is 12.7. The van der Waals surface area contributed by atoms with E-state index in [9.17, 15) is 4.79 Å². The maximum atomic E-state index is 12.4. The maximum Gasteiger partial charge on any atom is 0.320 e. The van der Waals surface area contributed by atoms with Crippen LogP contribution in [0.4, 0.5) is 4.79 Å². The van der Waals surface area contributed by atoms with Crippen LogP contribution in [-0.4, -0.2) is 61.3 Å². The van der Waals surface area contributed by atoms with Gasteiger partial charge in [0.1, 0.15) is 0 Å². The van der Waals surface area contributed by atoms with Crippen LogP contribution in [0.1, 0.15) is 39.0 Å². The Kier molecular flexibility index (Phi) is 6.10. The van der Waals surface area contributed by atoms with Gasteiger partial charge in [-0.2, -0.15) is 0 Å². The van der Waals surface area contributed by atoms with Crippen LogP contribution in [0.25, 0.3) is 0 Å². The first-order valence-electron chi connectivity index (χ1n) is 8.06. The average molecular weight is 283 g/mol. The van der Waals surface area contributed by atoms with Crippen LogP contribution in [0, 0.1) is 5.92 Å². The Labute approximate surface area is 122 Å². The van der Waals surface area contributed by atoms with Gasteiger partial charge in [-0.05, 0) is 44.6 Å². The van der Waals surface area contributed by atoms with E-state index in [4.69, 9.17) is 10.5 Å². The number of carbonyl (C=O) groups is 1.